The van der Waals surface area contributed by atoms with Crippen LogP contribution in [-0.4, -0.2) is 0 Å². The molecule has 0 aromatic heterocycles. The molecule has 0 spiro atoms. The monoisotopic (exact) mass is 156 g/mol. The van der Waals surface area contributed by atoms with Gasteiger partial charge in [-0.1, -0.05) is 43.0 Å². The van der Waals surface area contributed by atoms with Crippen molar-refractivity contribution in [2.75, 3.05) is 0 Å². The van der Waals surface area contributed by atoms with E-state index in [1.54, 1.807) is 0 Å². The van der Waals surface area contributed by atoms with Crippen molar-refractivity contribution in [1.82, 2.24) is 0 Å². The minimum atomic E-state index is 1.17. The molecule has 0 N–H and O–H groups in total. The maximum atomic E-state index is 3.72. The highest BCUT2D eigenvalue weighted by molar-refractivity contribution is 5.73. The average Bonchev–Trinajstić information content (AvgIpc) is 2.50. The molecule has 0 saturated carbocycles. The third kappa shape index (κ3) is 1.10. The first kappa shape index (κ1) is 7.35. The molecule has 0 amide bonds. The molecule has 0 heterocycles. The summed E-state index contributed by atoms with van der Waals surface area (Å²) in [5.74, 6) is 0. The van der Waals surface area contributed by atoms with Gasteiger partial charge in [-0.3, -0.25) is 0 Å². The number of benzene rings is 1. The minimum absolute atomic E-state index is 1.17. The standard InChI is InChI=1S/C12H12/c1-2-5-10-8-9-11-6-3-4-7-12(10)11/h2-7H,1,8-9H2. The van der Waals surface area contributed by atoms with Gasteiger partial charge >= 0.3 is 0 Å². The van der Waals surface area contributed by atoms with E-state index in [0.717, 1.165) is 0 Å². The van der Waals surface area contributed by atoms with Crippen LogP contribution in [0.15, 0.2) is 43.0 Å². The Balaban J connectivity index is 2.49. The van der Waals surface area contributed by atoms with Crippen molar-refractivity contribution in [3.8, 4) is 0 Å². The Labute approximate surface area is 73.2 Å². The summed E-state index contributed by atoms with van der Waals surface area (Å²) in [5, 5.41) is 0. The summed E-state index contributed by atoms with van der Waals surface area (Å²) in [4.78, 5) is 0. The van der Waals surface area contributed by atoms with Gasteiger partial charge in [-0.2, -0.15) is 0 Å². The van der Waals surface area contributed by atoms with Crippen molar-refractivity contribution in [2.45, 2.75) is 12.8 Å². The van der Waals surface area contributed by atoms with Gasteiger partial charge < -0.3 is 0 Å². The lowest BCUT2D eigenvalue weighted by atomic mass is 10.1. The van der Waals surface area contributed by atoms with Gasteiger partial charge in [0.05, 0.1) is 0 Å². The molecule has 1 aliphatic carbocycles. The molecule has 2 rings (SSSR count). The zero-order valence-corrected chi connectivity index (χ0v) is 7.09. The first-order chi connectivity index (χ1) is 5.92. The van der Waals surface area contributed by atoms with Gasteiger partial charge in [-0.15, -0.1) is 0 Å². The molecule has 0 saturated heterocycles. The van der Waals surface area contributed by atoms with Crippen LogP contribution in [0.25, 0.3) is 5.57 Å². The van der Waals surface area contributed by atoms with Crippen LogP contribution in [0, 0.1) is 0 Å². The van der Waals surface area contributed by atoms with Crippen LogP contribution < -0.4 is 0 Å². The molecular formula is C12H12. The molecule has 0 atom stereocenters. The van der Waals surface area contributed by atoms with Crippen LogP contribution in [0.5, 0.6) is 0 Å². The summed E-state index contributed by atoms with van der Waals surface area (Å²) >= 11 is 0. The molecular weight excluding hydrogens is 144 g/mol. The van der Waals surface area contributed by atoms with Gasteiger partial charge in [-0.05, 0) is 29.5 Å². The van der Waals surface area contributed by atoms with Crippen molar-refractivity contribution >= 4 is 5.57 Å². The summed E-state index contributed by atoms with van der Waals surface area (Å²) in [6.45, 7) is 3.72. The number of rotatable bonds is 1. The molecule has 0 unspecified atom stereocenters. The van der Waals surface area contributed by atoms with Crippen LogP contribution >= 0.6 is 0 Å². The van der Waals surface area contributed by atoms with E-state index in [0.29, 0.717) is 0 Å². The van der Waals surface area contributed by atoms with Crippen molar-refractivity contribution < 1.29 is 0 Å². The van der Waals surface area contributed by atoms with Gasteiger partial charge in [0, 0.05) is 0 Å². The lowest BCUT2D eigenvalue weighted by Crippen LogP contribution is -1.77. The van der Waals surface area contributed by atoms with Gasteiger partial charge in [-0.25, -0.2) is 0 Å². The second kappa shape index (κ2) is 2.98. The fraction of sp³-hybridized carbons (Fsp3) is 0.167. The zero-order chi connectivity index (χ0) is 8.39. The van der Waals surface area contributed by atoms with Crippen LogP contribution in [0.1, 0.15) is 17.5 Å². The Kier molecular flexibility index (Phi) is 1.83. The first-order valence-electron chi connectivity index (χ1n) is 4.31. The van der Waals surface area contributed by atoms with E-state index in [1.165, 1.54) is 29.5 Å². The van der Waals surface area contributed by atoms with Crippen molar-refractivity contribution in [3.63, 3.8) is 0 Å². The molecule has 0 fully saturated rings. The zero-order valence-electron chi connectivity index (χ0n) is 7.09. The highest BCUT2D eigenvalue weighted by Gasteiger charge is 2.13. The van der Waals surface area contributed by atoms with E-state index in [4.69, 9.17) is 0 Å². The van der Waals surface area contributed by atoms with Gasteiger partial charge in [0.25, 0.3) is 0 Å². The van der Waals surface area contributed by atoms with E-state index in [2.05, 4.69) is 36.9 Å². The van der Waals surface area contributed by atoms with E-state index >= 15 is 0 Å². The van der Waals surface area contributed by atoms with E-state index in [1.807, 2.05) is 6.08 Å². The summed E-state index contributed by atoms with van der Waals surface area (Å²) in [6.07, 6.45) is 6.35. The number of allylic oxidation sites excluding steroid dienone is 3. The van der Waals surface area contributed by atoms with Gasteiger partial charge in [0.2, 0.25) is 0 Å². The van der Waals surface area contributed by atoms with E-state index in [-0.39, 0.29) is 0 Å². The lowest BCUT2D eigenvalue weighted by Gasteiger charge is -1.97. The molecule has 12 heavy (non-hydrogen) atoms. The Morgan fingerprint density at radius 3 is 2.83 bits per heavy atom. The third-order valence-corrected chi connectivity index (χ3v) is 2.35. The molecule has 1 aromatic rings. The van der Waals surface area contributed by atoms with Crippen molar-refractivity contribution in [3.05, 3.63) is 54.1 Å². The molecule has 0 aliphatic heterocycles. The lowest BCUT2D eigenvalue weighted by molar-refractivity contribution is 1.08. The first-order valence-corrected chi connectivity index (χ1v) is 4.31. The Hall–Kier alpha value is -1.30. The van der Waals surface area contributed by atoms with Crippen LogP contribution in [0.3, 0.4) is 0 Å². The quantitative estimate of drug-likeness (QED) is 0.585. The maximum absolute atomic E-state index is 3.72. The summed E-state index contributed by atoms with van der Waals surface area (Å²) < 4.78 is 0. The second-order valence-electron chi connectivity index (χ2n) is 3.08. The molecule has 1 aliphatic rings. The smallest absolute Gasteiger partial charge is 0.0192 e. The Bertz CT molecular complexity index is 332. The normalized spacial score (nSPS) is 17.8. The maximum Gasteiger partial charge on any atom is -0.0192 e. The Morgan fingerprint density at radius 2 is 2.00 bits per heavy atom. The van der Waals surface area contributed by atoms with Gasteiger partial charge in [0.1, 0.15) is 0 Å². The van der Waals surface area contributed by atoms with Gasteiger partial charge in [0.15, 0.2) is 0 Å². The van der Waals surface area contributed by atoms with E-state index < -0.39 is 0 Å². The fourth-order valence-corrected chi connectivity index (χ4v) is 1.77. The predicted molar refractivity (Wildman–Crippen MR) is 52.9 cm³/mol. The van der Waals surface area contributed by atoms with Crippen molar-refractivity contribution in [1.29, 1.82) is 0 Å². The summed E-state index contributed by atoms with van der Waals surface area (Å²) in [7, 11) is 0. The average molecular weight is 156 g/mol. The molecule has 0 nitrogen and oxygen atoms in total. The fourth-order valence-electron chi connectivity index (χ4n) is 1.77. The molecule has 1 aromatic carbocycles. The highest BCUT2D eigenvalue weighted by Crippen LogP contribution is 2.31. The topological polar surface area (TPSA) is 0 Å². The number of hydrogen-bond donors (Lipinski definition) is 0. The summed E-state index contributed by atoms with van der Waals surface area (Å²) in [6, 6.07) is 8.60. The highest BCUT2D eigenvalue weighted by atomic mass is 14.2. The van der Waals surface area contributed by atoms with Crippen molar-refractivity contribution in [2.24, 2.45) is 0 Å². The van der Waals surface area contributed by atoms with Crippen LogP contribution in [0.4, 0.5) is 0 Å². The predicted octanol–water partition coefficient (Wildman–Crippen LogP) is 3.20. The number of fused-ring (bicyclic) bond motifs is 1. The Morgan fingerprint density at radius 1 is 1.17 bits per heavy atom. The molecule has 0 heteroatoms. The number of hydrogen-bond acceptors (Lipinski definition) is 0. The molecule has 0 bridgehead atoms. The SMILES string of the molecule is C=CC=C1CCc2ccccc21. The molecule has 0 radical (unpaired) electrons. The second-order valence-corrected chi connectivity index (χ2v) is 3.08. The summed E-state index contributed by atoms with van der Waals surface area (Å²) in [5.41, 5.74) is 4.32. The molecule has 60 valence electrons. The largest absolute Gasteiger partial charge is 0.0991 e. The van der Waals surface area contributed by atoms with E-state index in [9.17, 15) is 0 Å². The van der Waals surface area contributed by atoms with Crippen LogP contribution in [-0.2, 0) is 6.42 Å². The third-order valence-electron chi connectivity index (χ3n) is 2.35. The number of aryl methyl sites for hydroxylation is 1. The van der Waals surface area contributed by atoms with Crippen LogP contribution in [0.2, 0.25) is 0 Å². The minimum Gasteiger partial charge on any atom is -0.0991 e.